The van der Waals surface area contributed by atoms with Crippen LogP contribution in [0.2, 0.25) is 5.02 Å². The third-order valence-corrected chi connectivity index (χ3v) is 3.34. The highest BCUT2D eigenvalue weighted by Crippen LogP contribution is 2.26. The first-order chi connectivity index (χ1) is 8.40. The lowest BCUT2D eigenvalue weighted by Crippen LogP contribution is -2.09. The van der Waals surface area contributed by atoms with Crippen LogP contribution < -0.4 is 0 Å². The van der Waals surface area contributed by atoms with E-state index in [1.807, 2.05) is 24.4 Å². The fourth-order valence-corrected chi connectivity index (χ4v) is 2.19. The van der Waals surface area contributed by atoms with Gasteiger partial charge in [0.25, 0.3) is 0 Å². The van der Waals surface area contributed by atoms with Gasteiger partial charge in [-0.15, -0.1) is 0 Å². The SMILES string of the molecule is CC(C)(C)CCn1cc(C=O)c2ccc(Cl)cc21. The summed E-state index contributed by atoms with van der Waals surface area (Å²) < 4.78 is 2.12. The van der Waals surface area contributed by atoms with Gasteiger partial charge >= 0.3 is 0 Å². The number of hydrogen-bond donors (Lipinski definition) is 0. The van der Waals surface area contributed by atoms with E-state index in [9.17, 15) is 4.79 Å². The van der Waals surface area contributed by atoms with Gasteiger partial charge in [-0.3, -0.25) is 4.79 Å². The second-order valence-electron chi connectivity index (χ2n) is 5.87. The van der Waals surface area contributed by atoms with Gasteiger partial charge in [0.15, 0.2) is 6.29 Å². The zero-order valence-corrected chi connectivity index (χ0v) is 11.8. The van der Waals surface area contributed by atoms with Crippen LogP contribution in [-0.2, 0) is 6.54 Å². The quantitative estimate of drug-likeness (QED) is 0.745. The Morgan fingerprint density at radius 3 is 2.67 bits per heavy atom. The highest BCUT2D eigenvalue weighted by molar-refractivity contribution is 6.31. The summed E-state index contributed by atoms with van der Waals surface area (Å²) in [6.45, 7) is 7.54. The first-order valence-electron chi connectivity index (χ1n) is 6.14. The van der Waals surface area contributed by atoms with E-state index in [0.717, 1.165) is 35.7 Å². The van der Waals surface area contributed by atoms with Crippen molar-refractivity contribution < 1.29 is 4.79 Å². The number of halogens is 1. The normalized spacial score (nSPS) is 12.0. The maximum Gasteiger partial charge on any atom is 0.152 e. The van der Waals surface area contributed by atoms with Crippen molar-refractivity contribution in [3.8, 4) is 0 Å². The molecule has 0 fully saturated rings. The summed E-state index contributed by atoms with van der Waals surface area (Å²) >= 11 is 6.03. The molecular formula is C15H18ClNO. The Bertz CT molecular complexity index is 578. The Hall–Kier alpha value is -1.28. The number of rotatable bonds is 3. The molecule has 1 aromatic heterocycles. The molecule has 18 heavy (non-hydrogen) atoms. The van der Waals surface area contributed by atoms with Crippen molar-refractivity contribution in [2.24, 2.45) is 5.41 Å². The summed E-state index contributed by atoms with van der Waals surface area (Å²) in [5, 5.41) is 1.68. The topological polar surface area (TPSA) is 22.0 Å². The van der Waals surface area contributed by atoms with E-state index in [0.29, 0.717) is 5.02 Å². The average Bonchev–Trinajstić information content (AvgIpc) is 2.63. The number of benzene rings is 1. The lowest BCUT2D eigenvalue weighted by Gasteiger charge is -2.18. The molecule has 0 radical (unpaired) electrons. The van der Waals surface area contributed by atoms with Crippen LogP contribution in [0.5, 0.6) is 0 Å². The van der Waals surface area contributed by atoms with Crippen molar-refractivity contribution in [3.63, 3.8) is 0 Å². The van der Waals surface area contributed by atoms with Gasteiger partial charge in [0, 0.05) is 28.7 Å². The summed E-state index contributed by atoms with van der Waals surface area (Å²) in [6.07, 6.45) is 3.88. The molecule has 1 aromatic carbocycles. The minimum absolute atomic E-state index is 0.274. The van der Waals surface area contributed by atoms with Crippen LogP contribution in [0.15, 0.2) is 24.4 Å². The smallest absolute Gasteiger partial charge is 0.152 e. The minimum atomic E-state index is 0.274. The highest BCUT2D eigenvalue weighted by atomic mass is 35.5. The second kappa shape index (κ2) is 4.77. The predicted molar refractivity (Wildman–Crippen MR) is 76.4 cm³/mol. The van der Waals surface area contributed by atoms with Gasteiger partial charge in [-0.25, -0.2) is 0 Å². The third-order valence-electron chi connectivity index (χ3n) is 3.10. The number of carbonyl (C=O) groups excluding carboxylic acids is 1. The lowest BCUT2D eigenvalue weighted by molar-refractivity contribution is 0.112. The maximum absolute atomic E-state index is 11.1. The average molecular weight is 264 g/mol. The Morgan fingerprint density at radius 2 is 2.06 bits per heavy atom. The van der Waals surface area contributed by atoms with E-state index < -0.39 is 0 Å². The standard InChI is InChI=1S/C15H18ClNO/c1-15(2,3)6-7-17-9-11(10-18)13-5-4-12(16)8-14(13)17/h4-5,8-10H,6-7H2,1-3H3. The van der Waals surface area contributed by atoms with Gasteiger partial charge in [-0.05, 0) is 24.0 Å². The van der Waals surface area contributed by atoms with Gasteiger partial charge in [-0.1, -0.05) is 38.4 Å². The van der Waals surface area contributed by atoms with Crippen LogP contribution in [0.3, 0.4) is 0 Å². The molecule has 0 saturated heterocycles. The van der Waals surface area contributed by atoms with Crippen LogP contribution in [0, 0.1) is 5.41 Å². The molecule has 2 nitrogen and oxygen atoms in total. The van der Waals surface area contributed by atoms with Crippen LogP contribution in [-0.4, -0.2) is 10.9 Å². The monoisotopic (exact) mass is 263 g/mol. The Morgan fingerprint density at radius 1 is 1.33 bits per heavy atom. The first-order valence-corrected chi connectivity index (χ1v) is 6.52. The van der Waals surface area contributed by atoms with Gasteiger partial charge in [0.1, 0.15) is 0 Å². The van der Waals surface area contributed by atoms with Crippen molar-refractivity contribution in [2.45, 2.75) is 33.7 Å². The van der Waals surface area contributed by atoms with E-state index in [1.165, 1.54) is 0 Å². The van der Waals surface area contributed by atoms with E-state index >= 15 is 0 Å². The molecule has 0 saturated carbocycles. The number of aldehydes is 1. The highest BCUT2D eigenvalue weighted by Gasteiger charge is 2.13. The number of aromatic nitrogens is 1. The fraction of sp³-hybridized carbons (Fsp3) is 0.400. The molecule has 2 aromatic rings. The van der Waals surface area contributed by atoms with Gasteiger partial charge in [0.05, 0.1) is 5.52 Å². The molecule has 96 valence electrons. The van der Waals surface area contributed by atoms with E-state index in [1.54, 1.807) is 0 Å². The summed E-state index contributed by atoms with van der Waals surface area (Å²) in [7, 11) is 0. The predicted octanol–water partition coefficient (Wildman–Crippen LogP) is 4.54. The molecule has 0 atom stereocenters. The van der Waals surface area contributed by atoms with Crippen molar-refractivity contribution >= 4 is 28.8 Å². The molecule has 3 heteroatoms. The maximum atomic E-state index is 11.1. The lowest BCUT2D eigenvalue weighted by atomic mass is 9.92. The molecule has 0 amide bonds. The molecule has 0 spiro atoms. The number of aryl methyl sites for hydroxylation is 1. The van der Waals surface area contributed by atoms with Gasteiger partial charge < -0.3 is 4.57 Å². The summed E-state index contributed by atoms with van der Waals surface area (Å²) in [5.41, 5.74) is 2.04. The fourth-order valence-electron chi connectivity index (χ4n) is 2.03. The molecule has 0 aliphatic carbocycles. The van der Waals surface area contributed by atoms with Crippen LogP contribution in [0.1, 0.15) is 37.6 Å². The van der Waals surface area contributed by atoms with Crippen molar-refractivity contribution in [2.75, 3.05) is 0 Å². The van der Waals surface area contributed by atoms with Crippen molar-refractivity contribution in [3.05, 3.63) is 35.0 Å². The van der Waals surface area contributed by atoms with Crippen LogP contribution in [0.25, 0.3) is 10.9 Å². The number of hydrogen-bond acceptors (Lipinski definition) is 1. The van der Waals surface area contributed by atoms with Gasteiger partial charge in [-0.2, -0.15) is 0 Å². The number of carbonyl (C=O) groups is 1. The third kappa shape index (κ3) is 2.75. The summed E-state index contributed by atoms with van der Waals surface area (Å²) in [5.74, 6) is 0. The van der Waals surface area contributed by atoms with E-state index in [2.05, 4.69) is 25.3 Å². The summed E-state index contributed by atoms with van der Waals surface area (Å²) in [4.78, 5) is 11.1. The molecule has 2 rings (SSSR count). The second-order valence-corrected chi connectivity index (χ2v) is 6.30. The molecular weight excluding hydrogens is 246 g/mol. The molecule has 0 aliphatic heterocycles. The van der Waals surface area contributed by atoms with E-state index in [-0.39, 0.29) is 5.41 Å². The molecule has 0 aliphatic rings. The first kappa shape index (κ1) is 13.2. The number of fused-ring (bicyclic) bond motifs is 1. The Balaban J connectivity index is 2.43. The van der Waals surface area contributed by atoms with Crippen molar-refractivity contribution in [1.29, 1.82) is 0 Å². The molecule has 0 bridgehead atoms. The summed E-state index contributed by atoms with van der Waals surface area (Å²) in [6, 6.07) is 5.66. The molecule has 1 heterocycles. The Kier molecular flexibility index (Phi) is 3.49. The number of nitrogens with zero attached hydrogens (tertiary/aromatic N) is 1. The molecule has 0 N–H and O–H groups in total. The zero-order valence-electron chi connectivity index (χ0n) is 11.0. The minimum Gasteiger partial charge on any atom is -0.347 e. The Labute approximate surface area is 113 Å². The van der Waals surface area contributed by atoms with Crippen molar-refractivity contribution in [1.82, 2.24) is 4.57 Å². The van der Waals surface area contributed by atoms with E-state index in [4.69, 9.17) is 11.6 Å². The van der Waals surface area contributed by atoms with Crippen LogP contribution in [0.4, 0.5) is 0 Å². The zero-order chi connectivity index (χ0) is 13.3. The largest absolute Gasteiger partial charge is 0.347 e. The van der Waals surface area contributed by atoms with Crippen LogP contribution >= 0.6 is 11.6 Å². The van der Waals surface area contributed by atoms with Gasteiger partial charge in [0.2, 0.25) is 0 Å². The molecule has 0 unspecified atom stereocenters.